The second-order valence-corrected chi connectivity index (χ2v) is 6.95. The molecule has 0 fully saturated rings. The van der Waals surface area contributed by atoms with Crippen molar-refractivity contribution in [2.24, 2.45) is 7.05 Å². The van der Waals surface area contributed by atoms with Crippen LogP contribution in [0.15, 0.2) is 58.5 Å². The second kappa shape index (κ2) is 8.24. The molecule has 0 atom stereocenters. The highest BCUT2D eigenvalue weighted by molar-refractivity contribution is 7.99. The van der Waals surface area contributed by atoms with Gasteiger partial charge in [-0.05, 0) is 36.4 Å². The number of nitrogens with zero attached hydrogens (tertiary/aromatic N) is 2. The quantitative estimate of drug-likeness (QED) is 0.396. The number of hydrogen-bond acceptors (Lipinski definition) is 5. The van der Waals surface area contributed by atoms with E-state index in [1.807, 2.05) is 0 Å². The predicted molar refractivity (Wildman–Crippen MR) is 105 cm³/mol. The molecule has 0 aliphatic carbocycles. The fraction of sp³-hybridized carbons (Fsp3) is 0.111. The van der Waals surface area contributed by atoms with Gasteiger partial charge < -0.3 is 0 Å². The number of carbonyl (C=O) groups is 2. The molecule has 138 valence electrons. The van der Waals surface area contributed by atoms with Gasteiger partial charge in [-0.25, -0.2) is 4.98 Å². The van der Waals surface area contributed by atoms with Crippen LogP contribution < -0.4 is 16.4 Å². The van der Waals surface area contributed by atoms with Crippen LogP contribution >= 0.6 is 23.4 Å². The Morgan fingerprint density at radius 3 is 2.56 bits per heavy atom. The van der Waals surface area contributed by atoms with Gasteiger partial charge in [-0.1, -0.05) is 35.5 Å². The van der Waals surface area contributed by atoms with Crippen LogP contribution in [-0.4, -0.2) is 27.1 Å². The number of fused-ring (bicyclic) bond motifs is 1. The van der Waals surface area contributed by atoms with Gasteiger partial charge in [0.2, 0.25) is 5.91 Å². The molecule has 2 amide bonds. The van der Waals surface area contributed by atoms with Gasteiger partial charge in [0.1, 0.15) is 0 Å². The molecule has 0 radical (unpaired) electrons. The first kappa shape index (κ1) is 18.9. The standard InChI is InChI=1S/C18H15ClN4O3S/c1-23-17(26)13-4-2-3-5-14(13)20-18(23)27-10-15(24)21-22-16(25)11-6-8-12(19)9-7-11/h2-9H,10H2,1H3,(H,21,24)(H,22,25). The Bertz CT molecular complexity index is 1070. The number of rotatable bonds is 4. The summed E-state index contributed by atoms with van der Waals surface area (Å²) in [5, 5.41) is 1.45. The molecule has 27 heavy (non-hydrogen) atoms. The maximum absolute atomic E-state index is 12.3. The van der Waals surface area contributed by atoms with Crippen molar-refractivity contribution in [2.75, 3.05) is 5.75 Å². The van der Waals surface area contributed by atoms with Crippen LogP contribution in [0.5, 0.6) is 0 Å². The van der Waals surface area contributed by atoms with E-state index < -0.39 is 11.8 Å². The second-order valence-electron chi connectivity index (χ2n) is 5.57. The highest BCUT2D eigenvalue weighted by Gasteiger charge is 2.12. The molecule has 1 heterocycles. The van der Waals surface area contributed by atoms with E-state index >= 15 is 0 Å². The van der Waals surface area contributed by atoms with Crippen molar-refractivity contribution in [3.63, 3.8) is 0 Å². The van der Waals surface area contributed by atoms with Gasteiger partial charge in [-0.3, -0.25) is 29.8 Å². The van der Waals surface area contributed by atoms with Gasteiger partial charge in [-0.15, -0.1) is 0 Å². The summed E-state index contributed by atoms with van der Waals surface area (Å²) < 4.78 is 1.40. The Hall–Kier alpha value is -2.84. The van der Waals surface area contributed by atoms with Gasteiger partial charge in [0.05, 0.1) is 16.7 Å². The lowest BCUT2D eigenvalue weighted by Crippen LogP contribution is -2.42. The molecule has 3 rings (SSSR count). The molecule has 9 heteroatoms. The summed E-state index contributed by atoms with van der Waals surface area (Å²) in [4.78, 5) is 40.7. The molecule has 2 N–H and O–H groups in total. The fourth-order valence-corrected chi connectivity index (χ4v) is 3.19. The highest BCUT2D eigenvalue weighted by Crippen LogP contribution is 2.16. The van der Waals surface area contributed by atoms with Crippen LogP contribution in [0.2, 0.25) is 5.02 Å². The maximum Gasteiger partial charge on any atom is 0.269 e. The van der Waals surface area contributed by atoms with E-state index in [0.717, 1.165) is 11.8 Å². The molecular weight excluding hydrogens is 388 g/mol. The maximum atomic E-state index is 12.3. The lowest BCUT2D eigenvalue weighted by molar-refractivity contribution is -0.119. The highest BCUT2D eigenvalue weighted by atomic mass is 35.5. The molecular formula is C18H15ClN4O3S. The Morgan fingerprint density at radius 2 is 1.81 bits per heavy atom. The van der Waals surface area contributed by atoms with Gasteiger partial charge in [-0.2, -0.15) is 0 Å². The summed E-state index contributed by atoms with van der Waals surface area (Å²) in [6.07, 6.45) is 0. The monoisotopic (exact) mass is 402 g/mol. The van der Waals surface area contributed by atoms with Crippen molar-refractivity contribution in [1.29, 1.82) is 0 Å². The minimum absolute atomic E-state index is 0.0144. The Balaban J connectivity index is 1.60. The van der Waals surface area contributed by atoms with E-state index in [1.165, 1.54) is 4.57 Å². The first-order valence-electron chi connectivity index (χ1n) is 7.89. The molecule has 0 unspecified atom stereocenters. The van der Waals surface area contributed by atoms with Crippen molar-refractivity contribution in [2.45, 2.75) is 5.16 Å². The molecule has 0 saturated heterocycles. The van der Waals surface area contributed by atoms with Crippen molar-refractivity contribution in [3.05, 3.63) is 69.5 Å². The number of nitrogens with one attached hydrogen (secondary N) is 2. The van der Waals surface area contributed by atoms with E-state index in [9.17, 15) is 14.4 Å². The van der Waals surface area contributed by atoms with Crippen molar-refractivity contribution in [3.8, 4) is 0 Å². The lowest BCUT2D eigenvalue weighted by atomic mass is 10.2. The summed E-state index contributed by atoms with van der Waals surface area (Å²) in [5.41, 5.74) is 5.41. The molecule has 0 saturated carbocycles. The minimum atomic E-state index is -0.457. The van der Waals surface area contributed by atoms with Crippen LogP contribution in [0.1, 0.15) is 10.4 Å². The molecule has 1 aromatic heterocycles. The first-order valence-corrected chi connectivity index (χ1v) is 9.25. The topological polar surface area (TPSA) is 93.1 Å². The van der Waals surface area contributed by atoms with Crippen LogP contribution in [0.3, 0.4) is 0 Å². The van der Waals surface area contributed by atoms with E-state index in [2.05, 4.69) is 15.8 Å². The van der Waals surface area contributed by atoms with Gasteiger partial charge in [0.25, 0.3) is 11.5 Å². The SMILES string of the molecule is Cn1c(SCC(=O)NNC(=O)c2ccc(Cl)cc2)nc2ccccc2c1=O. The Kier molecular flexibility index (Phi) is 5.78. The van der Waals surface area contributed by atoms with Crippen LogP contribution in [0.25, 0.3) is 10.9 Å². The number of amides is 2. The number of benzene rings is 2. The third-order valence-corrected chi connectivity index (χ3v) is 4.98. The predicted octanol–water partition coefficient (Wildman–Crippen LogP) is 2.14. The summed E-state index contributed by atoms with van der Waals surface area (Å²) in [6, 6.07) is 13.3. The molecule has 2 aromatic carbocycles. The third kappa shape index (κ3) is 4.47. The van der Waals surface area contributed by atoms with E-state index in [1.54, 1.807) is 55.6 Å². The number of thioether (sulfide) groups is 1. The summed E-state index contributed by atoms with van der Waals surface area (Å²) in [5.74, 6) is -0.898. The average molecular weight is 403 g/mol. The van der Waals surface area contributed by atoms with E-state index in [4.69, 9.17) is 11.6 Å². The molecule has 0 aliphatic heterocycles. The van der Waals surface area contributed by atoms with Crippen LogP contribution in [0.4, 0.5) is 0 Å². The molecule has 3 aromatic rings. The molecule has 7 nitrogen and oxygen atoms in total. The number of para-hydroxylation sites is 1. The van der Waals surface area contributed by atoms with Gasteiger partial charge in [0, 0.05) is 17.6 Å². The molecule has 0 aliphatic rings. The third-order valence-electron chi connectivity index (χ3n) is 3.70. The Labute approximate surface area is 163 Å². The van der Waals surface area contributed by atoms with Gasteiger partial charge in [0.15, 0.2) is 5.16 Å². The van der Waals surface area contributed by atoms with E-state index in [-0.39, 0.29) is 11.3 Å². The number of hydrogen-bond donors (Lipinski definition) is 2. The zero-order chi connectivity index (χ0) is 19.4. The summed E-state index contributed by atoms with van der Waals surface area (Å²) in [6.45, 7) is 0. The van der Waals surface area contributed by atoms with E-state index in [0.29, 0.717) is 26.6 Å². The van der Waals surface area contributed by atoms with Gasteiger partial charge >= 0.3 is 0 Å². The molecule has 0 bridgehead atoms. The summed E-state index contributed by atoms with van der Waals surface area (Å²) >= 11 is 6.87. The molecule has 0 spiro atoms. The summed E-state index contributed by atoms with van der Waals surface area (Å²) in [7, 11) is 1.60. The Morgan fingerprint density at radius 1 is 1.11 bits per heavy atom. The lowest BCUT2D eigenvalue weighted by Gasteiger charge is -2.09. The van der Waals surface area contributed by atoms with Crippen LogP contribution in [0, 0.1) is 0 Å². The zero-order valence-corrected chi connectivity index (χ0v) is 15.8. The zero-order valence-electron chi connectivity index (χ0n) is 14.2. The number of hydrazine groups is 1. The smallest absolute Gasteiger partial charge is 0.269 e. The van der Waals surface area contributed by atoms with Crippen molar-refractivity contribution < 1.29 is 9.59 Å². The van der Waals surface area contributed by atoms with Crippen molar-refractivity contribution in [1.82, 2.24) is 20.4 Å². The normalized spacial score (nSPS) is 10.6. The first-order chi connectivity index (χ1) is 13.0. The number of carbonyl (C=O) groups excluding carboxylic acids is 2. The number of aromatic nitrogens is 2. The van der Waals surface area contributed by atoms with Crippen LogP contribution in [-0.2, 0) is 11.8 Å². The van der Waals surface area contributed by atoms with Crippen molar-refractivity contribution >= 4 is 46.1 Å². The largest absolute Gasteiger partial charge is 0.290 e. The number of halogens is 1. The average Bonchev–Trinajstić information content (AvgIpc) is 2.68. The fourth-order valence-electron chi connectivity index (χ4n) is 2.29. The minimum Gasteiger partial charge on any atom is -0.290 e.